The fourth-order valence-corrected chi connectivity index (χ4v) is 3.55. The van der Waals surface area contributed by atoms with Crippen LogP contribution in [0, 0.1) is 5.92 Å². The number of aromatic nitrogens is 2. The Morgan fingerprint density at radius 3 is 3.05 bits per heavy atom. The molecular weight excluding hydrogens is 248 g/mol. The van der Waals surface area contributed by atoms with Crippen molar-refractivity contribution in [3.63, 3.8) is 0 Å². The number of anilines is 1. The highest BCUT2D eigenvalue weighted by Gasteiger charge is 2.33. The van der Waals surface area contributed by atoms with Crippen LogP contribution in [0.25, 0.3) is 11.3 Å². The van der Waals surface area contributed by atoms with Gasteiger partial charge in [-0.15, -0.1) is 0 Å². The summed E-state index contributed by atoms with van der Waals surface area (Å²) in [6, 6.07) is 11.3. The van der Waals surface area contributed by atoms with E-state index in [1.54, 1.807) is 6.20 Å². The normalized spacial score (nSPS) is 28.5. The fourth-order valence-electron chi connectivity index (χ4n) is 3.55. The zero-order chi connectivity index (χ0) is 13.4. The van der Waals surface area contributed by atoms with E-state index in [0.717, 1.165) is 11.6 Å². The van der Waals surface area contributed by atoms with Gasteiger partial charge in [-0.2, -0.15) is 5.10 Å². The molecule has 2 aliphatic rings. The van der Waals surface area contributed by atoms with Crippen molar-refractivity contribution < 1.29 is 0 Å². The number of hydrogen-bond acceptors (Lipinski definition) is 3. The standard InChI is InChI=1S/C16H20N4/c1-2-12(16-4-7-17-19-16)10-14(3-1)18-15-6-9-20-8-5-13(15)11-20/h1-4,7,10,13,15,18H,5-6,8-9,11H2,(H,17,19). The molecule has 20 heavy (non-hydrogen) atoms. The summed E-state index contributed by atoms with van der Waals surface area (Å²) >= 11 is 0. The Hall–Kier alpha value is -1.81. The van der Waals surface area contributed by atoms with Gasteiger partial charge in [0.05, 0.1) is 5.69 Å². The van der Waals surface area contributed by atoms with Crippen molar-refractivity contribution in [3.8, 4) is 11.3 Å². The molecule has 3 heterocycles. The number of rotatable bonds is 3. The highest BCUT2D eigenvalue weighted by molar-refractivity contribution is 5.64. The van der Waals surface area contributed by atoms with Crippen LogP contribution in [0.15, 0.2) is 36.5 Å². The van der Waals surface area contributed by atoms with Crippen molar-refractivity contribution in [1.82, 2.24) is 15.1 Å². The predicted molar refractivity (Wildman–Crippen MR) is 80.6 cm³/mol. The molecule has 2 saturated heterocycles. The molecule has 0 spiro atoms. The van der Waals surface area contributed by atoms with Gasteiger partial charge in [-0.1, -0.05) is 12.1 Å². The van der Waals surface area contributed by atoms with E-state index in [1.165, 1.54) is 43.7 Å². The second kappa shape index (κ2) is 4.94. The molecule has 2 aliphatic heterocycles. The zero-order valence-corrected chi connectivity index (χ0v) is 11.5. The Morgan fingerprint density at radius 1 is 1.20 bits per heavy atom. The van der Waals surface area contributed by atoms with Gasteiger partial charge in [-0.05, 0) is 43.5 Å². The lowest BCUT2D eigenvalue weighted by atomic mass is 9.94. The molecule has 0 aliphatic carbocycles. The summed E-state index contributed by atoms with van der Waals surface area (Å²) in [5.41, 5.74) is 3.49. The van der Waals surface area contributed by atoms with Gasteiger partial charge in [0.25, 0.3) is 0 Å². The number of piperidine rings is 1. The van der Waals surface area contributed by atoms with Crippen LogP contribution in [0.1, 0.15) is 12.8 Å². The van der Waals surface area contributed by atoms with Crippen LogP contribution >= 0.6 is 0 Å². The number of fused-ring (bicyclic) bond motifs is 2. The highest BCUT2D eigenvalue weighted by atomic mass is 15.2. The number of hydrogen-bond donors (Lipinski definition) is 2. The van der Waals surface area contributed by atoms with Crippen molar-refractivity contribution in [1.29, 1.82) is 0 Å². The molecule has 1 aromatic heterocycles. The number of aromatic amines is 1. The third-order valence-corrected chi connectivity index (χ3v) is 4.66. The predicted octanol–water partition coefficient (Wildman–Crippen LogP) is 2.58. The van der Waals surface area contributed by atoms with Crippen LogP contribution in [0.2, 0.25) is 0 Å². The molecule has 2 aromatic rings. The lowest BCUT2D eigenvalue weighted by Gasteiger charge is -2.31. The fraction of sp³-hybridized carbons (Fsp3) is 0.438. The molecule has 0 radical (unpaired) electrons. The zero-order valence-electron chi connectivity index (χ0n) is 11.5. The minimum atomic E-state index is 0.630. The van der Waals surface area contributed by atoms with Gasteiger partial charge in [0, 0.05) is 36.6 Å². The van der Waals surface area contributed by atoms with Crippen molar-refractivity contribution in [2.75, 3.05) is 25.0 Å². The summed E-state index contributed by atoms with van der Waals surface area (Å²) in [6.07, 6.45) is 4.40. The summed E-state index contributed by atoms with van der Waals surface area (Å²) in [5.74, 6) is 0.819. The SMILES string of the molecule is c1cc(NC2CCN3CCC2C3)cc(-c2ccn[nH]2)c1. The molecule has 1 aromatic carbocycles. The Balaban J connectivity index is 1.52. The summed E-state index contributed by atoms with van der Waals surface area (Å²) in [5, 5.41) is 10.8. The van der Waals surface area contributed by atoms with Gasteiger partial charge in [0.2, 0.25) is 0 Å². The van der Waals surface area contributed by atoms with Crippen LogP contribution in [0.4, 0.5) is 5.69 Å². The van der Waals surface area contributed by atoms with E-state index in [-0.39, 0.29) is 0 Å². The molecule has 4 heteroatoms. The van der Waals surface area contributed by atoms with Crippen molar-refractivity contribution in [2.24, 2.45) is 5.92 Å². The number of nitrogens with one attached hydrogen (secondary N) is 2. The van der Waals surface area contributed by atoms with Gasteiger partial charge < -0.3 is 10.2 Å². The Bertz CT molecular complexity index is 578. The van der Waals surface area contributed by atoms with Crippen molar-refractivity contribution in [3.05, 3.63) is 36.5 Å². The number of H-pyrrole nitrogens is 1. The summed E-state index contributed by atoms with van der Waals surface area (Å²) in [4.78, 5) is 2.59. The van der Waals surface area contributed by atoms with Crippen LogP contribution in [-0.2, 0) is 0 Å². The van der Waals surface area contributed by atoms with Crippen LogP contribution in [0.5, 0.6) is 0 Å². The first kappa shape index (κ1) is 12.0. The molecule has 2 fully saturated rings. The third-order valence-electron chi connectivity index (χ3n) is 4.66. The monoisotopic (exact) mass is 268 g/mol. The molecule has 4 rings (SSSR count). The van der Waals surface area contributed by atoms with E-state index in [9.17, 15) is 0 Å². The Kier molecular flexibility index (Phi) is 2.96. The minimum Gasteiger partial charge on any atom is -0.382 e. The van der Waals surface area contributed by atoms with Gasteiger partial charge in [0.1, 0.15) is 0 Å². The van der Waals surface area contributed by atoms with Gasteiger partial charge in [0.15, 0.2) is 0 Å². The maximum absolute atomic E-state index is 4.02. The van der Waals surface area contributed by atoms with Crippen LogP contribution < -0.4 is 5.32 Å². The quantitative estimate of drug-likeness (QED) is 0.899. The Morgan fingerprint density at radius 2 is 2.15 bits per heavy atom. The highest BCUT2D eigenvalue weighted by Crippen LogP contribution is 2.30. The Labute approximate surface area is 119 Å². The van der Waals surface area contributed by atoms with E-state index < -0.39 is 0 Å². The second-order valence-corrected chi connectivity index (χ2v) is 5.94. The van der Waals surface area contributed by atoms with Crippen LogP contribution in [0.3, 0.4) is 0 Å². The molecule has 3 atom stereocenters. The maximum atomic E-state index is 4.02. The number of benzene rings is 1. The topological polar surface area (TPSA) is 44.0 Å². The maximum Gasteiger partial charge on any atom is 0.0650 e. The molecule has 0 saturated carbocycles. The van der Waals surface area contributed by atoms with Gasteiger partial charge in [-0.25, -0.2) is 0 Å². The lowest BCUT2D eigenvalue weighted by molar-refractivity contribution is 0.255. The third kappa shape index (κ3) is 2.20. The number of nitrogens with zero attached hydrogens (tertiary/aromatic N) is 2. The molecule has 4 nitrogen and oxygen atoms in total. The molecule has 2 N–H and O–H groups in total. The van der Waals surface area contributed by atoms with E-state index in [2.05, 4.69) is 44.7 Å². The first-order valence-corrected chi connectivity index (χ1v) is 7.47. The smallest absolute Gasteiger partial charge is 0.0650 e. The summed E-state index contributed by atoms with van der Waals surface area (Å²) < 4.78 is 0. The lowest BCUT2D eigenvalue weighted by Crippen LogP contribution is -2.39. The summed E-state index contributed by atoms with van der Waals surface area (Å²) in [7, 11) is 0. The first-order chi connectivity index (χ1) is 9.88. The van der Waals surface area contributed by atoms with E-state index in [4.69, 9.17) is 0 Å². The van der Waals surface area contributed by atoms with E-state index in [1.807, 2.05) is 6.07 Å². The minimum absolute atomic E-state index is 0.630. The molecular formula is C16H20N4. The van der Waals surface area contributed by atoms with Crippen LogP contribution in [-0.4, -0.2) is 40.8 Å². The molecule has 3 unspecified atom stereocenters. The average molecular weight is 268 g/mol. The summed E-state index contributed by atoms with van der Waals surface area (Å²) in [6.45, 7) is 3.81. The van der Waals surface area contributed by atoms with E-state index in [0.29, 0.717) is 6.04 Å². The van der Waals surface area contributed by atoms with Crippen molar-refractivity contribution in [2.45, 2.75) is 18.9 Å². The molecule has 0 amide bonds. The molecule has 104 valence electrons. The largest absolute Gasteiger partial charge is 0.382 e. The average Bonchev–Trinajstić information content (AvgIpc) is 3.13. The van der Waals surface area contributed by atoms with E-state index >= 15 is 0 Å². The van der Waals surface area contributed by atoms with Gasteiger partial charge in [-0.3, -0.25) is 5.10 Å². The van der Waals surface area contributed by atoms with Crippen molar-refractivity contribution >= 4 is 5.69 Å². The van der Waals surface area contributed by atoms with Gasteiger partial charge >= 0.3 is 0 Å². The molecule has 2 bridgehead atoms. The first-order valence-electron chi connectivity index (χ1n) is 7.47. The second-order valence-electron chi connectivity index (χ2n) is 5.94.